The normalized spacial score (nSPS) is 21.1. The van der Waals surface area contributed by atoms with Gasteiger partial charge >= 0.3 is 5.97 Å². The van der Waals surface area contributed by atoms with Crippen LogP contribution in [0.1, 0.15) is 19.8 Å². The molecule has 0 atom stereocenters. The van der Waals surface area contributed by atoms with Gasteiger partial charge in [0.05, 0.1) is 12.5 Å². The molecule has 1 rings (SSSR count). The lowest BCUT2D eigenvalue weighted by Crippen LogP contribution is -2.16. The summed E-state index contributed by atoms with van der Waals surface area (Å²) < 4.78 is 4.60. The standard InChI is InChI=1S/C7H11O2/c1-3-7(4-5-7)6(8)9-2/h3H,4-5H2,1-2H3. The van der Waals surface area contributed by atoms with Crippen LogP contribution in [0.2, 0.25) is 0 Å². The fourth-order valence-electron chi connectivity index (χ4n) is 0.949. The number of hydrogen-bond donors (Lipinski definition) is 0. The van der Waals surface area contributed by atoms with Crippen LogP contribution in [0.5, 0.6) is 0 Å². The first-order chi connectivity index (χ1) is 4.25. The third kappa shape index (κ3) is 0.934. The fraction of sp³-hybridized carbons (Fsp3) is 0.714. The largest absolute Gasteiger partial charge is 0.469 e. The third-order valence-electron chi connectivity index (χ3n) is 1.93. The molecule has 2 heteroatoms. The maximum atomic E-state index is 10.9. The van der Waals surface area contributed by atoms with Crippen LogP contribution < -0.4 is 0 Å². The van der Waals surface area contributed by atoms with Gasteiger partial charge in [0.1, 0.15) is 0 Å². The second-order valence-electron chi connectivity index (χ2n) is 2.44. The molecule has 9 heavy (non-hydrogen) atoms. The Kier molecular flexibility index (Phi) is 1.47. The molecule has 0 aromatic rings. The smallest absolute Gasteiger partial charge is 0.312 e. The van der Waals surface area contributed by atoms with Crippen LogP contribution >= 0.6 is 0 Å². The Labute approximate surface area is 55.2 Å². The van der Waals surface area contributed by atoms with E-state index in [0.29, 0.717) is 0 Å². The van der Waals surface area contributed by atoms with Crippen molar-refractivity contribution in [3.05, 3.63) is 6.42 Å². The molecule has 2 nitrogen and oxygen atoms in total. The molecule has 0 aliphatic heterocycles. The Hall–Kier alpha value is -0.530. The average Bonchev–Trinajstić information content (AvgIpc) is 2.66. The highest BCUT2D eigenvalue weighted by Crippen LogP contribution is 2.48. The van der Waals surface area contributed by atoms with Gasteiger partial charge in [-0.1, -0.05) is 6.92 Å². The van der Waals surface area contributed by atoms with Crippen molar-refractivity contribution in [3.63, 3.8) is 0 Å². The van der Waals surface area contributed by atoms with E-state index in [9.17, 15) is 4.79 Å². The van der Waals surface area contributed by atoms with E-state index in [2.05, 4.69) is 4.74 Å². The molecule has 0 amide bonds. The molecule has 1 aliphatic carbocycles. The molecule has 1 aliphatic rings. The van der Waals surface area contributed by atoms with Crippen molar-refractivity contribution in [2.24, 2.45) is 5.41 Å². The Morgan fingerprint density at radius 3 is 2.33 bits per heavy atom. The first-order valence-corrected chi connectivity index (χ1v) is 3.14. The molecule has 0 saturated heterocycles. The zero-order valence-electron chi connectivity index (χ0n) is 5.81. The summed E-state index contributed by atoms with van der Waals surface area (Å²) in [5, 5.41) is 0. The number of esters is 1. The number of methoxy groups -OCH3 is 1. The minimum absolute atomic E-state index is 0.0787. The summed E-state index contributed by atoms with van der Waals surface area (Å²) >= 11 is 0. The summed E-state index contributed by atoms with van der Waals surface area (Å²) in [5.74, 6) is -0.0787. The summed E-state index contributed by atoms with van der Waals surface area (Å²) in [4.78, 5) is 10.9. The Morgan fingerprint density at radius 1 is 1.67 bits per heavy atom. The van der Waals surface area contributed by atoms with E-state index in [1.807, 2.05) is 13.3 Å². The van der Waals surface area contributed by atoms with E-state index in [0.717, 1.165) is 12.8 Å². The number of ether oxygens (including phenoxy) is 1. The van der Waals surface area contributed by atoms with E-state index < -0.39 is 0 Å². The topological polar surface area (TPSA) is 26.3 Å². The van der Waals surface area contributed by atoms with Gasteiger partial charge in [-0.05, 0) is 19.3 Å². The summed E-state index contributed by atoms with van der Waals surface area (Å²) in [7, 11) is 1.44. The van der Waals surface area contributed by atoms with Gasteiger partial charge in [0.15, 0.2) is 0 Å². The first kappa shape index (κ1) is 6.59. The Balaban J connectivity index is 2.49. The molecular weight excluding hydrogens is 116 g/mol. The van der Waals surface area contributed by atoms with Crippen LogP contribution in [0.25, 0.3) is 0 Å². The maximum Gasteiger partial charge on any atom is 0.312 e. The average molecular weight is 127 g/mol. The molecule has 0 aromatic carbocycles. The van der Waals surface area contributed by atoms with Gasteiger partial charge in [0.2, 0.25) is 0 Å². The molecule has 0 spiro atoms. The fourth-order valence-corrected chi connectivity index (χ4v) is 0.949. The van der Waals surface area contributed by atoms with Crippen molar-refractivity contribution in [3.8, 4) is 0 Å². The van der Waals surface area contributed by atoms with Crippen LogP contribution in [0, 0.1) is 11.8 Å². The molecular formula is C7H11O2. The molecule has 51 valence electrons. The van der Waals surface area contributed by atoms with E-state index >= 15 is 0 Å². The van der Waals surface area contributed by atoms with E-state index in [4.69, 9.17) is 0 Å². The van der Waals surface area contributed by atoms with E-state index in [1.165, 1.54) is 7.11 Å². The molecule has 0 bridgehead atoms. The predicted octanol–water partition coefficient (Wildman–Crippen LogP) is 1.16. The van der Waals surface area contributed by atoms with Gasteiger partial charge in [0.25, 0.3) is 0 Å². The minimum Gasteiger partial charge on any atom is -0.469 e. The molecule has 0 heterocycles. The lowest BCUT2D eigenvalue weighted by atomic mass is 10.1. The lowest BCUT2D eigenvalue weighted by Gasteiger charge is -2.06. The van der Waals surface area contributed by atoms with Crippen LogP contribution in [-0.2, 0) is 9.53 Å². The predicted molar refractivity (Wildman–Crippen MR) is 33.7 cm³/mol. The molecule has 0 N–H and O–H groups in total. The Morgan fingerprint density at radius 2 is 2.22 bits per heavy atom. The highest BCUT2D eigenvalue weighted by atomic mass is 16.5. The SMILES string of the molecule is C[CH]C1(C(=O)OC)CC1. The van der Waals surface area contributed by atoms with Gasteiger partial charge in [-0.25, -0.2) is 0 Å². The van der Waals surface area contributed by atoms with Crippen molar-refractivity contribution in [1.29, 1.82) is 0 Å². The first-order valence-electron chi connectivity index (χ1n) is 3.14. The van der Waals surface area contributed by atoms with E-state index in [-0.39, 0.29) is 11.4 Å². The van der Waals surface area contributed by atoms with Crippen LogP contribution in [0.4, 0.5) is 0 Å². The van der Waals surface area contributed by atoms with Crippen LogP contribution in [-0.4, -0.2) is 13.1 Å². The van der Waals surface area contributed by atoms with Crippen molar-refractivity contribution in [1.82, 2.24) is 0 Å². The zero-order chi connectivity index (χ0) is 6.91. The number of hydrogen-bond acceptors (Lipinski definition) is 2. The van der Waals surface area contributed by atoms with Gasteiger partial charge in [-0.15, -0.1) is 0 Å². The summed E-state index contributed by atoms with van der Waals surface area (Å²) in [6, 6.07) is 0. The number of carbonyl (C=O) groups excluding carboxylic acids is 1. The number of carbonyl (C=O) groups is 1. The van der Waals surface area contributed by atoms with E-state index in [1.54, 1.807) is 0 Å². The number of rotatable bonds is 2. The zero-order valence-corrected chi connectivity index (χ0v) is 5.81. The summed E-state index contributed by atoms with van der Waals surface area (Å²) in [5.41, 5.74) is -0.186. The monoisotopic (exact) mass is 127 g/mol. The van der Waals surface area contributed by atoms with Gasteiger partial charge in [-0.2, -0.15) is 0 Å². The second-order valence-corrected chi connectivity index (χ2v) is 2.44. The van der Waals surface area contributed by atoms with Crippen LogP contribution in [0.15, 0.2) is 0 Å². The lowest BCUT2D eigenvalue weighted by molar-refractivity contribution is -0.145. The van der Waals surface area contributed by atoms with Crippen molar-refractivity contribution in [2.75, 3.05) is 7.11 Å². The van der Waals surface area contributed by atoms with Gasteiger partial charge in [0, 0.05) is 0 Å². The van der Waals surface area contributed by atoms with Gasteiger partial charge < -0.3 is 4.74 Å². The van der Waals surface area contributed by atoms with Gasteiger partial charge in [-0.3, -0.25) is 4.79 Å². The molecule has 0 aromatic heterocycles. The quantitative estimate of drug-likeness (QED) is 0.520. The third-order valence-corrected chi connectivity index (χ3v) is 1.93. The molecule has 0 unspecified atom stereocenters. The van der Waals surface area contributed by atoms with Crippen LogP contribution in [0.3, 0.4) is 0 Å². The Bertz CT molecular complexity index is 125. The highest BCUT2D eigenvalue weighted by molar-refractivity contribution is 5.81. The summed E-state index contributed by atoms with van der Waals surface area (Å²) in [6.45, 7) is 1.91. The molecule has 1 saturated carbocycles. The van der Waals surface area contributed by atoms with Crippen molar-refractivity contribution < 1.29 is 9.53 Å². The molecule has 1 radical (unpaired) electrons. The maximum absolute atomic E-state index is 10.9. The second kappa shape index (κ2) is 2.01. The minimum atomic E-state index is -0.186. The van der Waals surface area contributed by atoms with Crippen molar-refractivity contribution in [2.45, 2.75) is 19.8 Å². The summed E-state index contributed by atoms with van der Waals surface area (Å²) in [6.07, 6.45) is 3.87. The van der Waals surface area contributed by atoms with Crippen molar-refractivity contribution >= 4 is 5.97 Å². The molecule has 1 fully saturated rings. The highest BCUT2D eigenvalue weighted by Gasteiger charge is 2.49.